The van der Waals surface area contributed by atoms with Gasteiger partial charge in [0.05, 0.1) is 27.3 Å². The van der Waals surface area contributed by atoms with Crippen LogP contribution in [-0.2, 0) is 6.42 Å². The molecule has 1 aliphatic rings. The lowest BCUT2D eigenvalue weighted by atomic mass is 9.98. The average molecular weight is 461 g/mol. The zero-order valence-electron chi connectivity index (χ0n) is 19.0. The van der Waals surface area contributed by atoms with E-state index in [9.17, 15) is 4.79 Å². The topological polar surface area (TPSA) is 79.0 Å². The van der Waals surface area contributed by atoms with Crippen LogP contribution < -0.4 is 15.4 Å². The van der Waals surface area contributed by atoms with Gasteiger partial charge in [0, 0.05) is 17.7 Å². The number of fused-ring (bicyclic) bond motifs is 3. The first-order valence-electron chi connectivity index (χ1n) is 10.8. The minimum Gasteiger partial charge on any atom is -0.486 e. The largest absolute Gasteiger partial charge is 0.486 e. The molecule has 3 aromatic carbocycles. The number of carbonyl (C=O) groups excluding carboxylic acids is 1. The lowest BCUT2D eigenvalue weighted by Crippen LogP contribution is -2.25. The van der Waals surface area contributed by atoms with Crippen LogP contribution in [0.4, 0.5) is 17.3 Å². The molecule has 6 nitrogen and oxygen atoms in total. The molecule has 3 N–H and O–H groups in total. The van der Waals surface area contributed by atoms with Crippen molar-refractivity contribution < 1.29 is 9.53 Å². The van der Waals surface area contributed by atoms with Gasteiger partial charge in [-0.1, -0.05) is 29.8 Å². The van der Waals surface area contributed by atoms with E-state index in [0.29, 0.717) is 28.7 Å². The highest BCUT2D eigenvalue weighted by atomic mass is 35.5. The molecule has 2 heterocycles. The molecular weight excluding hydrogens is 436 g/mol. The maximum Gasteiger partial charge on any atom is 0.259 e. The third kappa shape index (κ3) is 4.14. The fourth-order valence-electron chi connectivity index (χ4n) is 4.23. The highest BCUT2D eigenvalue weighted by Gasteiger charge is 2.36. The number of hydrogen-bond acceptors (Lipinski definition) is 4. The first-order valence-corrected chi connectivity index (χ1v) is 11.2. The first-order chi connectivity index (χ1) is 15.7. The predicted molar refractivity (Wildman–Crippen MR) is 133 cm³/mol. The molecule has 0 aliphatic carbocycles. The number of halogens is 1. The number of aryl methyl sites for hydroxylation is 2. The van der Waals surface area contributed by atoms with E-state index < -0.39 is 5.60 Å². The molecule has 33 heavy (non-hydrogen) atoms. The van der Waals surface area contributed by atoms with Gasteiger partial charge in [0.15, 0.2) is 0 Å². The van der Waals surface area contributed by atoms with E-state index in [1.807, 2.05) is 70.2 Å². The van der Waals surface area contributed by atoms with Gasteiger partial charge in [0.1, 0.15) is 11.4 Å². The standard InChI is InChI=1S/C26H25ClN4O2/c1-14-6-5-7-16(10-14)28-24(32)17-12-21-22(18-13-26(3,4)33-23(17)18)31-25(30-21)29-20-11-15(2)8-9-19(20)27/h5-12H,13H2,1-4H3,(H,28,32)(H2,29,30,31). The van der Waals surface area contributed by atoms with Crippen molar-refractivity contribution in [3.8, 4) is 5.75 Å². The number of anilines is 3. The number of aromatic amines is 1. The molecule has 0 bridgehead atoms. The Morgan fingerprint density at radius 1 is 1.12 bits per heavy atom. The summed E-state index contributed by atoms with van der Waals surface area (Å²) in [6.45, 7) is 8.02. The Balaban J connectivity index is 1.56. The lowest BCUT2D eigenvalue weighted by molar-refractivity contribution is 0.101. The summed E-state index contributed by atoms with van der Waals surface area (Å²) < 4.78 is 6.22. The van der Waals surface area contributed by atoms with E-state index >= 15 is 0 Å². The maximum absolute atomic E-state index is 13.3. The Kier molecular flexibility index (Phi) is 5.05. The van der Waals surface area contributed by atoms with Crippen LogP contribution in [0.25, 0.3) is 11.0 Å². The van der Waals surface area contributed by atoms with E-state index in [1.54, 1.807) is 6.07 Å². The van der Waals surface area contributed by atoms with Crippen LogP contribution in [0.15, 0.2) is 48.5 Å². The number of ether oxygens (including phenoxy) is 1. The summed E-state index contributed by atoms with van der Waals surface area (Å²) >= 11 is 6.35. The molecule has 1 aliphatic heterocycles. The van der Waals surface area contributed by atoms with E-state index in [0.717, 1.165) is 39.1 Å². The van der Waals surface area contributed by atoms with Gasteiger partial charge in [-0.25, -0.2) is 4.98 Å². The molecule has 1 amide bonds. The quantitative estimate of drug-likeness (QED) is 0.323. The summed E-state index contributed by atoms with van der Waals surface area (Å²) in [5.74, 6) is 0.923. The summed E-state index contributed by atoms with van der Waals surface area (Å²) in [5, 5.41) is 6.87. The van der Waals surface area contributed by atoms with E-state index in [1.165, 1.54) is 0 Å². The van der Waals surface area contributed by atoms with Crippen molar-refractivity contribution in [3.63, 3.8) is 0 Å². The van der Waals surface area contributed by atoms with Gasteiger partial charge in [-0.15, -0.1) is 0 Å². The fraction of sp³-hybridized carbons (Fsp3) is 0.231. The molecule has 1 aromatic heterocycles. The fourth-order valence-corrected chi connectivity index (χ4v) is 4.40. The van der Waals surface area contributed by atoms with Crippen molar-refractivity contribution in [3.05, 3.63) is 75.8 Å². The van der Waals surface area contributed by atoms with Crippen molar-refractivity contribution in [2.45, 2.75) is 39.7 Å². The van der Waals surface area contributed by atoms with Gasteiger partial charge in [0.2, 0.25) is 5.95 Å². The second-order valence-electron chi connectivity index (χ2n) is 9.18. The molecule has 0 saturated heterocycles. The summed E-state index contributed by atoms with van der Waals surface area (Å²) in [7, 11) is 0. The van der Waals surface area contributed by atoms with Crippen molar-refractivity contribution in [1.29, 1.82) is 0 Å². The number of rotatable bonds is 4. The van der Waals surface area contributed by atoms with Crippen molar-refractivity contribution in [1.82, 2.24) is 9.97 Å². The minimum atomic E-state index is -0.429. The molecule has 0 fully saturated rings. The summed E-state index contributed by atoms with van der Waals surface area (Å²) in [6, 6.07) is 15.3. The number of amides is 1. The van der Waals surface area contributed by atoms with Gasteiger partial charge in [-0.2, -0.15) is 0 Å². The second-order valence-corrected chi connectivity index (χ2v) is 9.59. The number of carbonyl (C=O) groups is 1. The zero-order chi connectivity index (χ0) is 23.3. The van der Waals surface area contributed by atoms with E-state index in [2.05, 4.69) is 15.6 Å². The Labute approximate surface area is 197 Å². The van der Waals surface area contributed by atoms with Gasteiger partial charge < -0.3 is 20.4 Å². The molecule has 5 rings (SSSR count). The van der Waals surface area contributed by atoms with Gasteiger partial charge in [-0.05, 0) is 69.2 Å². The number of benzene rings is 3. The molecule has 168 valence electrons. The zero-order valence-corrected chi connectivity index (χ0v) is 19.7. The second kappa shape index (κ2) is 7.81. The lowest BCUT2D eigenvalue weighted by Gasteiger charge is -2.18. The molecular formula is C26H25ClN4O2. The monoisotopic (exact) mass is 460 g/mol. The van der Waals surface area contributed by atoms with Crippen molar-refractivity contribution in [2.24, 2.45) is 0 Å². The van der Waals surface area contributed by atoms with Crippen LogP contribution in [-0.4, -0.2) is 21.5 Å². The smallest absolute Gasteiger partial charge is 0.259 e. The SMILES string of the molecule is Cc1cccc(NC(=O)c2cc3[nH]c(Nc4cc(C)ccc4Cl)nc3c3c2OC(C)(C)C3)c1. The van der Waals surface area contributed by atoms with Gasteiger partial charge in [0.25, 0.3) is 5.91 Å². The highest BCUT2D eigenvalue weighted by Crippen LogP contribution is 2.42. The predicted octanol–water partition coefficient (Wildman–Crippen LogP) is 6.54. The average Bonchev–Trinajstić information content (AvgIpc) is 3.29. The van der Waals surface area contributed by atoms with Crippen LogP contribution in [0.5, 0.6) is 5.75 Å². The summed E-state index contributed by atoms with van der Waals surface area (Å²) in [4.78, 5) is 21.3. The number of hydrogen-bond donors (Lipinski definition) is 3. The Morgan fingerprint density at radius 2 is 1.91 bits per heavy atom. The molecule has 4 aromatic rings. The molecule has 0 saturated carbocycles. The van der Waals surface area contributed by atoms with Gasteiger partial charge >= 0.3 is 0 Å². The van der Waals surface area contributed by atoms with Crippen LogP contribution in [0, 0.1) is 13.8 Å². The van der Waals surface area contributed by atoms with E-state index in [-0.39, 0.29) is 5.91 Å². The molecule has 7 heteroatoms. The number of imidazole rings is 1. The number of nitrogens with zero attached hydrogens (tertiary/aromatic N) is 1. The molecule has 0 atom stereocenters. The van der Waals surface area contributed by atoms with Crippen molar-refractivity contribution in [2.75, 3.05) is 10.6 Å². The summed E-state index contributed by atoms with van der Waals surface area (Å²) in [6.07, 6.45) is 0.653. The number of aromatic nitrogens is 2. The summed E-state index contributed by atoms with van der Waals surface area (Å²) in [5.41, 5.74) is 6.19. The Morgan fingerprint density at radius 3 is 2.70 bits per heavy atom. The minimum absolute atomic E-state index is 0.220. The normalized spacial score (nSPS) is 14.1. The maximum atomic E-state index is 13.3. The number of H-pyrrole nitrogens is 1. The molecule has 0 unspecified atom stereocenters. The third-order valence-electron chi connectivity index (χ3n) is 5.70. The first kappa shape index (κ1) is 21.3. The van der Waals surface area contributed by atoms with Crippen molar-refractivity contribution >= 4 is 45.9 Å². The van der Waals surface area contributed by atoms with Crippen LogP contribution in [0.1, 0.15) is 40.9 Å². The van der Waals surface area contributed by atoms with Crippen LogP contribution >= 0.6 is 11.6 Å². The highest BCUT2D eigenvalue weighted by molar-refractivity contribution is 6.33. The van der Waals surface area contributed by atoms with E-state index in [4.69, 9.17) is 21.3 Å². The Bertz CT molecular complexity index is 1410. The molecule has 0 radical (unpaired) electrons. The third-order valence-corrected chi connectivity index (χ3v) is 6.03. The molecule has 0 spiro atoms. The van der Waals surface area contributed by atoms with Crippen LogP contribution in [0.2, 0.25) is 5.02 Å². The van der Waals surface area contributed by atoms with Crippen LogP contribution in [0.3, 0.4) is 0 Å². The van der Waals surface area contributed by atoms with Gasteiger partial charge in [-0.3, -0.25) is 4.79 Å². The Hall–Kier alpha value is -3.51. The number of nitrogens with one attached hydrogen (secondary N) is 3.